The van der Waals surface area contributed by atoms with Crippen molar-refractivity contribution in [1.29, 1.82) is 0 Å². The molecule has 0 aliphatic heterocycles. The van der Waals surface area contributed by atoms with Crippen LogP contribution in [-0.4, -0.2) is 10.2 Å². The Morgan fingerprint density at radius 2 is 1.50 bits per heavy atom. The molecule has 2 aromatic rings. The fourth-order valence-corrected chi connectivity index (χ4v) is 1.53. The maximum absolute atomic E-state index is 9.77. The molecule has 0 aromatic heterocycles. The van der Waals surface area contributed by atoms with Gasteiger partial charge in [-0.2, -0.15) is 0 Å². The highest BCUT2D eigenvalue weighted by Crippen LogP contribution is 2.43. The molecule has 0 saturated carbocycles. The molecule has 82 valence electrons. The quantitative estimate of drug-likeness (QED) is 0.333. The highest BCUT2D eigenvalue weighted by molar-refractivity contribution is 5.85. The van der Waals surface area contributed by atoms with Gasteiger partial charge in [0.2, 0.25) is 0 Å². The summed E-state index contributed by atoms with van der Waals surface area (Å²) in [5.74, 6) is -0.628. The summed E-state index contributed by atoms with van der Waals surface area (Å²) in [7, 11) is 0. The van der Waals surface area contributed by atoms with E-state index in [0.29, 0.717) is 5.56 Å². The maximum atomic E-state index is 9.77. The monoisotopic (exact) mass is 216 g/mol. The minimum absolute atomic E-state index is 0.00261. The van der Waals surface area contributed by atoms with E-state index >= 15 is 0 Å². The molecule has 0 saturated heterocycles. The highest BCUT2D eigenvalue weighted by atomic mass is 16.3. The van der Waals surface area contributed by atoms with Crippen molar-refractivity contribution in [3.63, 3.8) is 0 Å². The van der Waals surface area contributed by atoms with Crippen LogP contribution in [0.3, 0.4) is 0 Å². The number of aromatic hydroxyl groups is 2. The fourth-order valence-electron chi connectivity index (χ4n) is 1.53. The summed E-state index contributed by atoms with van der Waals surface area (Å²) in [5, 5.41) is 19.3. The molecule has 0 radical (unpaired) electrons. The average Bonchev–Trinajstić information content (AvgIpc) is 2.32. The Labute approximate surface area is 92.8 Å². The van der Waals surface area contributed by atoms with Crippen LogP contribution in [0.1, 0.15) is 0 Å². The van der Waals surface area contributed by atoms with Gasteiger partial charge in [0.05, 0.1) is 5.69 Å². The Bertz CT molecular complexity index is 524. The molecule has 0 heterocycles. The van der Waals surface area contributed by atoms with Crippen LogP contribution in [0, 0.1) is 0 Å². The van der Waals surface area contributed by atoms with Crippen LogP contribution in [0.2, 0.25) is 0 Å². The van der Waals surface area contributed by atoms with E-state index in [-0.39, 0.29) is 22.9 Å². The van der Waals surface area contributed by atoms with Crippen LogP contribution < -0.4 is 11.5 Å². The number of phenolic OH excluding ortho intramolecular Hbond substituents is 2. The van der Waals surface area contributed by atoms with Gasteiger partial charge in [0.1, 0.15) is 5.69 Å². The van der Waals surface area contributed by atoms with E-state index in [2.05, 4.69) is 0 Å². The molecule has 0 atom stereocenters. The van der Waals surface area contributed by atoms with Crippen LogP contribution >= 0.6 is 0 Å². The van der Waals surface area contributed by atoms with Crippen LogP contribution in [-0.2, 0) is 0 Å². The topological polar surface area (TPSA) is 92.5 Å². The number of anilines is 2. The molecule has 16 heavy (non-hydrogen) atoms. The van der Waals surface area contributed by atoms with Gasteiger partial charge in [0, 0.05) is 5.56 Å². The summed E-state index contributed by atoms with van der Waals surface area (Å²) in [6, 6.07) is 10.7. The van der Waals surface area contributed by atoms with E-state index in [4.69, 9.17) is 11.5 Å². The summed E-state index contributed by atoms with van der Waals surface area (Å²) < 4.78 is 0. The molecule has 6 N–H and O–H groups in total. The number of nitrogens with two attached hydrogens (primary N) is 2. The van der Waals surface area contributed by atoms with Crippen molar-refractivity contribution in [1.82, 2.24) is 0 Å². The number of nitrogen functional groups attached to an aromatic ring is 2. The molecule has 4 heteroatoms. The predicted octanol–water partition coefficient (Wildman–Crippen LogP) is 1.93. The van der Waals surface area contributed by atoms with Crippen molar-refractivity contribution in [3.05, 3.63) is 36.4 Å². The second-order valence-electron chi connectivity index (χ2n) is 3.49. The first-order valence-electron chi connectivity index (χ1n) is 4.76. The summed E-state index contributed by atoms with van der Waals surface area (Å²) in [6.07, 6.45) is 0. The molecule has 0 aliphatic rings. The summed E-state index contributed by atoms with van der Waals surface area (Å²) in [5.41, 5.74) is 12.6. The van der Waals surface area contributed by atoms with Gasteiger partial charge in [-0.15, -0.1) is 0 Å². The molecule has 0 aliphatic carbocycles. The van der Waals surface area contributed by atoms with Crippen molar-refractivity contribution in [3.8, 4) is 22.6 Å². The predicted molar refractivity (Wildman–Crippen MR) is 64.0 cm³/mol. The number of hydrogen-bond donors (Lipinski definition) is 4. The lowest BCUT2D eigenvalue weighted by Gasteiger charge is -2.10. The Kier molecular flexibility index (Phi) is 2.32. The molecule has 0 fully saturated rings. The molecule has 4 nitrogen and oxygen atoms in total. The summed E-state index contributed by atoms with van der Waals surface area (Å²) in [4.78, 5) is 0. The lowest BCUT2D eigenvalue weighted by atomic mass is 10.0. The standard InChI is InChI=1S/C12H12N2O2/c13-9-6-8(7-4-2-1-3-5-7)11(15)12(16)10(9)14/h1-6,15-16H,13-14H2. The first-order valence-corrected chi connectivity index (χ1v) is 4.76. The Balaban J connectivity index is 2.68. The molecule has 0 bridgehead atoms. The molecular weight excluding hydrogens is 204 g/mol. The Morgan fingerprint density at radius 3 is 2.12 bits per heavy atom. The van der Waals surface area contributed by atoms with Gasteiger partial charge in [-0.05, 0) is 11.6 Å². The van der Waals surface area contributed by atoms with Gasteiger partial charge in [-0.1, -0.05) is 30.3 Å². The number of rotatable bonds is 1. The molecule has 0 spiro atoms. The Morgan fingerprint density at radius 1 is 0.875 bits per heavy atom. The molecule has 0 amide bonds. The third-order valence-electron chi connectivity index (χ3n) is 2.43. The van der Waals surface area contributed by atoms with Crippen LogP contribution in [0.15, 0.2) is 36.4 Å². The van der Waals surface area contributed by atoms with Crippen LogP contribution in [0.25, 0.3) is 11.1 Å². The smallest absolute Gasteiger partial charge is 0.183 e. The van der Waals surface area contributed by atoms with E-state index in [1.54, 1.807) is 6.07 Å². The van der Waals surface area contributed by atoms with Crippen LogP contribution in [0.4, 0.5) is 11.4 Å². The average molecular weight is 216 g/mol. The van der Waals surface area contributed by atoms with Gasteiger partial charge >= 0.3 is 0 Å². The SMILES string of the molecule is Nc1cc(-c2ccccc2)c(O)c(O)c1N. The normalized spacial score (nSPS) is 10.2. The zero-order valence-electron chi connectivity index (χ0n) is 8.51. The largest absolute Gasteiger partial charge is 0.504 e. The van der Waals surface area contributed by atoms with E-state index < -0.39 is 0 Å². The second kappa shape index (κ2) is 3.66. The summed E-state index contributed by atoms with van der Waals surface area (Å²) in [6.45, 7) is 0. The Hall–Kier alpha value is -2.36. The van der Waals surface area contributed by atoms with E-state index in [1.165, 1.54) is 0 Å². The minimum Gasteiger partial charge on any atom is -0.504 e. The second-order valence-corrected chi connectivity index (χ2v) is 3.49. The van der Waals surface area contributed by atoms with E-state index in [1.807, 2.05) is 30.3 Å². The van der Waals surface area contributed by atoms with Crippen molar-refractivity contribution in [2.24, 2.45) is 0 Å². The molecule has 2 rings (SSSR count). The number of hydrogen-bond acceptors (Lipinski definition) is 4. The van der Waals surface area contributed by atoms with Crippen molar-refractivity contribution in [2.45, 2.75) is 0 Å². The van der Waals surface area contributed by atoms with E-state index in [9.17, 15) is 10.2 Å². The lowest BCUT2D eigenvalue weighted by Crippen LogP contribution is -1.96. The van der Waals surface area contributed by atoms with Gasteiger partial charge in [-0.25, -0.2) is 0 Å². The van der Waals surface area contributed by atoms with Crippen molar-refractivity contribution in [2.75, 3.05) is 11.5 Å². The third kappa shape index (κ3) is 1.50. The zero-order chi connectivity index (χ0) is 11.7. The molecule has 2 aromatic carbocycles. The summed E-state index contributed by atoms with van der Waals surface area (Å²) >= 11 is 0. The third-order valence-corrected chi connectivity index (χ3v) is 2.43. The lowest BCUT2D eigenvalue weighted by molar-refractivity contribution is 0.407. The van der Waals surface area contributed by atoms with Gasteiger partial charge in [0.25, 0.3) is 0 Å². The van der Waals surface area contributed by atoms with Gasteiger partial charge in [0.15, 0.2) is 11.5 Å². The molecular formula is C12H12N2O2. The highest BCUT2D eigenvalue weighted by Gasteiger charge is 2.14. The minimum atomic E-state index is -0.376. The van der Waals surface area contributed by atoms with Gasteiger partial charge < -0.3 is 21.7 Å². The fraction of sp³-hybridized carbons (Fsp3) is 0. The van der Waals surface area contributed by atoms with Crippen LogP contribution in [0.5, 0.6) is 11.5 Å². The van der Waals surface area contributed by atoms with Crippen molar-refractivity contribution >= 4 is 11.4 Å². The first-order chi connectivity index (χ1) is 7.61. The van der Waals surface area contributed by atoms with Crippen molar-refractivity contribution < 1.29 is 10.2 Å². The first kappa shape index (κ1) is 10.2. The zero-order valence-corrected chi connectivity index (χ0v) is 8.51. The maximum Gasteiger partial charge on any atom is 0.183 e. The number of phenols is 2. The van der Waals surface area contributed by atoms with E-state index in [0.717, 1.165) is 5.56 Å². The number of benzene rings is 2. The van der Waals surface area contributed by atoms with Gasteiger partial charge in [-0.3, -0.25) is 0 Å². The molecule has 0 unspecified atom stereocenters.